The van der Waals surface area contributed by atoms with E-state index in [0.717, 1.165) is 43.4 Å². The quantitative estimate of drug-likeness (QED) is 0.0382. The van der Waals surface area contributed by atoms with E-state index in [2.05, 4.69) is 20.8 Å². The van der Waals surface area contributed by atoms with Crippen LogP contribution in [0.1, 0.15) is 233 Å². The SMILES string of the molecule is CCCCCCCCCCCCOc1cc(OCCCCCCCCCCCC)c(C=CC(=O)OC(C)C)c(OCCCCCCCCCCCC)c1. The molecule has 0 N–H and O–H groups in total. The van der Waals surface area contributed by atoms with Gasteiger partial charge in [0.25, 0.3) is 0 Å². The molecular weight excluding hydrogens is 657 g/mol. The molecule has 1 rings (SSSR count). The van der Waals surface area contributed by atoms with Gasteiger partial charge in [-0.15, -0.1) is 0 Å². The zero-order valence-corrected chi connectivity index (χ0v) is 35.8. The summed E-state index contributed by atoms with van der Waals surface area (Å²) in [5, 5.41) is 0. The number of hydrogen-bond donors (Lipinski definition) is 0. The molecule has 1 aromatic rings. The van der Waals surface area contributed by atoms with Crippen LogP contribution in [0.25, 0.3) is 6.08 Å². The van der Waals surface area contributed by atoms with Crippen molar-refractivity contribution in [1.82, 2.24) is 0 Å². The lowest BCUT2D eigenvalue weighted by Gasteiger charge is -2.17. The van der Waals surface area contributed by atoms with Crippen molar-refractivity contribution in [1.29, 1.82) is 0 Å². The second-order valence-corrected chi connectivity index (χ2v) is 15.7. The number of hydrogen-bond acceptors (Lipinski definition) is 5. The van der Waals surface area contributed by atoms with Crippen molar-refractivity contribution < 1.29 is 23.7 Å². The Labute approximate surface area is 329 Å². The number of unbranched alkanes of at least 4 members (excludes halogenated alkanes) is 27. The van der Waals surface area contributed by atoms with Gasteiger partial charge in [0.15, 0.2) is 0 Å². The molecule has 0 saturated carbocycles. The van der Waals surface area contributed by atoms with Gasteiger partial charge >= 0.3 is 5.97 Å². The van der Waals surface area contributed by atoms with E-state index in [1.165, 1.54) is 167 Å². The first-order valence-electron chi connectivity index (χ1n) is 23.0. The molecular formula is C48H86O5. The molecule has 0 unspecified atom stereocenters. The van der Waals surface area contributed by atoms with E-state index in [0.29, 0.717) is 31.3 Å². The molecule has 0 amide bonds. The molecule has 5 nitrogen and oxygen atoms in total. The van der Waals surface area contributed by atoms with Gasteiger partial charge in [0.05, 0.1) is 31.5 Å². The lowest BCUT2D eigenvalue weighted by Crippen LogP contribution is -2.08. The fraction of sp³-hybridized carbons (Fsp3) is 0.812. The van der Waals surface area contributed by atoms with Crippen LogP contribution in [-0.4, -0.2) is 31.9 Å². The van der Waals surface area contributed by atoms with Gasteiger partial charge in [-0.25, -0.2) is 4.79 Å². The van der Waals surface area contributed by atoms with Gasteiger partial charge in [-0.05, 0) is 39.2 Å². The highest BCUT2D eigenvalue weighted by molar-refractivity contribution is 5.88. The van der Waals surface area contributed by atoms with Crippen molar-refractivity contribution in [3.63, 3.8) is 0 Å². The van der Waals surface area contributed by atoms with Crippen LogP contribution in [0.3, 0.4) is 0 Å². The highest BCUT2D eigenvalue weighted by Crippen LogP contribution is 2.36. The van der Waals surface area contributed by atoms with E-state index in [-0.39, 0.29) is 12.1 Å². The zero-order valence-electron chi connectivity index (χ0n) is 35.8. The molecule has 0 fully saturated rings. The van der Waals surface area contributed by atoms with Gasteiger partial charge in [0, 0.05) is 18.2 Å². The topological polar surface area (TPSA) is 54.0 Å². The van der Waals surface area contributed by atoms with Crippen LogP contribution in [0.2, 0.25) is 0 Å². The van der Waals surface area contributed by atoms with Crippen molar-refractivity contribution in [2.24, 2.45) is 0 Å². The predicted octanol–water partition coefficient (Wildman–Crippen LogP) is 15.6. The molecule has 5 heteroatoms. The largest absolute Gasteiger partial charge is 0.493 e. The molecule has 308 valence electrons. The molecule has 0 aliphatic heterocycles. The lowest BCUT2D eigenvalue weighted by atomic mass is 10.1. The summed E-state index contributed by atoms with van der Waals surface area (Å²) in [4.78, 5) is 12.5. The fourth-order valence-electron chi connectivity index (χ4n) is 6.81. The Morgan fingerprint density at radius 1 is 0.472 bits per heavy atom. The van der Waals surface area contributed by atoms with Gasteiger partial charge in [0.1, 0.15) is 17.2 Å². The summed E-state index contributed by atoms with van der Waals surface area (Å²) in [6.07, 6.45) is 41.8. The number of esters is 1. The normalized spacial score (nSPS) is 11.5. The molecule has 0 heterocycles. The maximum absolute atomic E-state index is 12.5. The molecule has 0 aliphatic carbocycles. The predicted molar refractivity (Wildman–Crippen MR) is 229 cm³/mol. The molecule has 1 aromatic carbocycles. The zero-order chi connectivity index (χ0) is 38.5. The first kappa shape index (κ1) is 48.8. The Morgan fingerprint density at radius 2 is 0.774 bits per heavy atom. The summed E-state index contributed by atoms with van der Waals surface area (Å²) in [5.74, 6) is 1.85. The van der Waals surface area contributed by atoms with Gasteiger partial charge < -0.3 is 18.9 Å². The molecule has 0 aliphatic rings. The third-order valence-electron chi connectivity index (χ3n) is 10.1. The average molecular weight is 743 g/mol. The number of carbonyl (C=O) groups excluding carboxylic acids is 1. The van der Waals surface area contributed by atoms with Crippen molar-refractivity contribution in [3.8, 4) is 17.2 Å². The minimum Gasteiger partial charge on any atom is -0.493 e. The lowest BCUT2D eigenvalue weighted by molar-refractivity contribution is -0.141. The Kier molecular flexibility index (Phi) is 33.9. The second kappa shape index (κ2) is 36.8. The molecule has 0 atom stereocenters. The summed E-state index contributed by atoms with van der Waals surface area (Å²) >= 11 is 0. The molecule has 0 spiro atoms. The van der Waals surface area contributed by atoms with Crippen LogP contribution >= 0.6 is 0 Å². The number of rotatable bonds is 39. The van der Waals surface area contributed by atoms with E-state index in [9.17, 15) is 4.79 Å². The Hall–Kier alpha value is -2.17. The Balaban J connectivity index is 2.83. The van der Waals surface area contributed by atoms with Gasteiger partial charge in [-0.3, -0.25) is 0 Å². The van der Waals surface area contributed by atoms with E-state index in [1.54, 1.807) is 6.08 Å². The van der Waals surface area contributed by atoms with Gasteiger partial charge in [-0.1, -0.05) is 194 Å². The summed E-state index contributed by atoms with van der Waals surface area (Å²) in [6, 6.07) is 3.99. The average Bonchev–Trinajstić information content (AvgIpc) is 3.14. The minimum atomic E-state index is -0.359. The Morgan fingerprint density at radius 3 is 1.09 bits per heavy atom. The minimum absolute atomic E-state index is 0.173. The van der Waals surface area contributed by atoms with Crippen molar-refractivity contribution >= 4 is 12.0 Å². The van der Waals surface area contributed by atoms with Crippen LogP contribution < -0.4 is 14.2 Å². The van der Waals surface area contributed by atoms with E-state index in [4.69, 9.17) is 18.9 Å². The number of benzene rings is 1. The second-order valence-electron chi connectivity index (χ2n) is 15.7. The van der Waals surface area contributed by atoms with Crippen LogP contribution in [-0.2, 0) is 9.53 Å². The molecule has 0 saturated heterocycles. The summed E-state index contributed by atoms with van der Waals surface area (Å²) in [7, 11) is 0. The van der Waals surface area contributed by atoms with Crippen LogP contribution in [0, 0.1) is 0 Å². The molecule has 0 radical (unpaired) electrons. The monoisotopic (exact) mass is 743 g/mol. The van der Waals surface area contributed by atoms with Crippen LogP contribution in [0.5, 0.6) is 17.2 Å². The van der Waals surface area contributed by atoms with Gasteiger partial charge in [-0.2, -0.15) is 0 Å². The third kappa shape index (κ3) is 29.8. The standard InChI is InChI=1S/C48H86O5/c1-6-9-12-15-18-21-24-27-30-33-38-50-44-41-46(51-39-34-31-28-25-22-19-16-13-10-7-2)45(36-37-48(49)53-43(4)5)47(42-44)52-40-35-32-29-26-23-20-17-14-11-8-3/h36-37,41-43H,6-35,38-40H2,1-5H3. The fourth-order valence-corrected chi connectivity index (χ4v) is 6.81. The molecule has 0 bridgehead atoms. The Bertz CT molecular complexity index is 939. The van der Waals surface area contributed by atoms with E-state index >= 15 is 0 Å². The smallest absolute Gasteiger partial charge is 0.331 e. The third-order valence-corrected chi connectivity index (χ3v) is 10.1. The number of ether oxygens (including phenoxy) is 4. The first-order chi connectivity index (χ1) is 26.0. The van der Waals surface area contributed by atoms with Crippen molar-refractivity contribution in [2.75, 3.05) is 19.8 Å². The van der Waals surface area contributed by atoms with Gasteiger partial charge in [0.2, 0.25) is 0 Å². The maximum atomic E-state index is 12.5. The van der Waals surface area contributed by atoms with Crippen LogP contribution in [0.15, 0.2) is 18.2 Å². The summed E-state index contributed by atoms with van der Waals surface area (Å²) in [6.45, 7) is 12.5. The summed E-state index contributed by atoms with van der Waals surface area (Å²) < 4.78 is 24.6. The van der Waals surface area contributed by atoms with E-state index in [1.807, 2.05) is 26.0 Å². The number of carbonyl (C=O) groups is 1. The molecule has 0 aromatic heterocycles. The van der Waals surface area contributed by atoms with E-state index < -0.39 is 0 Å². The summed E-state index contributed by atoms with van der Waals surface area (Å²) in [5.41, 5.74) is 0.788. The maximum Gasteiger partial charge on any atom is 0.331 e. The highest BCUT2D eigenvalue weighted by atomic mass is 16.5. The first-order valence-corrected chi connectivity index (χ1v) is 23.0. The highest BCUT2D eigenvalue weighted by Gasteiger charge is 2.14. The van der Waals surface area contributed by atoms with Crippen molar-refractivity contribution in [2.45, 2.75) is 233 Å². The van der Waals surface area contributed by atoms with Crippen LogP contribution in [0.4, 0.5) is 0 Å². The van der Waals surface area contributed by atoms with Crippen molar-refractivity contribution in [3.05, 3.63) is 23.8 Å². The molecule has 53 heavy (non-hydrogen) atoms.